The Morgan fingerprint density at radius 3 is 2.91 bits per heavy atom. The van der Waals surface area contributed by atoms with Crippen LogP contribution in [0.15, 0.2) is 18.2 Å². The second kappa shape index (κ2) is 7.08. The fraction of sp³-hybridized carbons (Fsp3) is 0.500. The second-order valence-electron chi connectivity index (χ2n) is 5.76. The number of aryl methyl sites for hydroxylation is 1. The van der Waals surface area contributed by atoms with Gasteiger partial charge in [-0.3, -0.25) is 4.90 Å². The number of nitrogen functional groups attached to an aromatic ring is 1. The van der Waals surface area contributed by atoms with Crippen LogP contribution in [0.5, 0.6) is 5.88 Å². The largest absolute Gasteiger partial charge is 0.475 e. The highest BCUT2D eigenvalue weighted by Crippen LogP contribution is 2.21. The van der Waals surface area contributed by atoms with Crippen LogP contribution in [0.1, 0.15) is 5.56 Å². The standard InChI is InChI=1S/C16H22N4O3/c1-11-8-15(19-16-13(11)2-3-14(17)18-16)23-10-12(21)9-20-4-6-22-7-5-20/h2-3,8,12,21H,4-7,9-10H2,1H3,(H2,17,18,19). The average Bonchev–Trinajstić information content (AvgIpc) is 2.53. The van der Waals surface area contributed by atoms with Crippen molar-refractivity contribution in [3.05, 3.63) is 23.8 Å². The molecular weight excluding hydrogens is 296 g/mol. The Labute approximate surface area is 135 Å². The molecule has 3 N–H and O–H groups in total. The Balaban J connectivity index is 1.62. The number of nitrogens with zero attached hydrogens (tertiary/aromatic N) is 3. The summed E-state index contributed by atoms with van der Waals surface area (Å²) in [5, 5.41) is 11.1. The summed E-state index contributed by atoms with van der Waals surface area (Å²) in [6, 6.07) is 5.50. The van der Waals surface area contributed by atoms with Crippen LogP contribution in [0, 0.1) is 6.92 Å². The van der Waals surface area contributed by atoms with Crippen molar-refractivity contribution in [2.24, 2.45) is 0 Å². The van der Waals surface area contributed by atoms with Crippen LogP contribution in [0.4, 0.5) is 5.82 Å². The lowest BCUT2D eigenvalue weighted by Gasteiger charge is -2.28. The van der Waals surface area contributed by atoms with Crippen LogP contribution in [0.3, 0.4) is 0 Å². The summed E-state index contributed by atoms with van der Waals surface area (Å²) < 4.78 is 10.9. The molecule has 0 spiro atoms. The van der Waals surface area contributed by atoms with Crippen molar-refractivity contribution in [1.29, 1.82) is 0 Å². The molecule has 7 heteroatoms. The molecule has 1 aliphatic heterocycles. The first-order valence-electron chi connectivity index (χ1n) is 7.76. The third kappa shape index (κ3) is 4.07. The lowest BCUT2D eigenvalue weighted by molar-refractivity contribution is 0.00425. The maximum atomic E-state index is 10.1. The normalized spacial score (nSPS) is 17.3. The van der Waals surface area contributed by atoms with Gasteiger partial charge in [0, 0.05) is 31.1 Å². The van der Waals surface area contributed by atoms with E-state index in [4.69, 9.17) is 15.2 Å². The highest BCUT2D eigenvalue weighted by atomic mass is 16.5. The first-order chi connectivity index (χ1) is 11.1. The fourth-order valence-corrected chi connectivity index (χ4v) is 2.65. The molecule has 0 bridgehead atoms. The van der Waals surface area contributed by atoms with Gasteiger partial charge in [0.05, 0.1) is 13.2 Å². The van der Waals surface area contributed by atoms with Gasteiger partial charge in [0.2, 0.25) is 5.88 Å². The Kier molecular flexibility index (Phi) is 4.90. The van der Waals surface area contributed by atoms with Crippen LogP contribution in [0.25, 0.3) is 11.0 Å². The molecule has 2 aromatic rings. The smallest absolute Gasteiger partial charge is 0.215 e. The molecule has 23 heavy (non-hydrogen) atoms. The van der Waals surface area contributed by atoms with Gasteiger partial charge < -0.3 is 20.3 Å². The minimum absolute atomic E-state index is 0.192. The summed E-state index contributed by atoms with van der Waals surface area (Å²) in [7, 11) is 0. The lowest BCUT2D eigenvalue weighted by atomic mass is 10.2. The van der Waals surface area contributed by atoms with E-state index in [1.165, 1.54) is 0 Å². The maximum Gasteiger partial charge on any atom is 0.215 e. The molecule has 1 fully saturated rings. The molecule has 0 amide bonds. The Hall–Kier alpha value is -1.96. The van der Waals surface area contributed by atoms with Gasteiger partial charge in [0.25, 0.3) is 0 Å². The van der Waals surface area contributed by atoms with E-state index in [2.05, 4.69) is 14.9 Å². The molecule has 124 valence electrons. The number of anilines is 1. The van der Waals surface area contributed by atoms with Gasteiger partial charge in [-0.25, -0.2) is 4.98 Å². The number of nitrogens with two attached hydrogens (primary N) is 1. The summed E-state index contributed by atoms with van der Waals surface area (Å²) in [5.41, 5.74) is 7.27. The number of hydrogen-bond acceptors (Lipinski definition) is 7. The quantitative estimate of drug-likeness (QED) is 0.833. The maximum absolute atomic E-state index is 10.1. The molecule has 2 aromatic heterocycles. The molecule has 0 aliphatic carbocycles. The number of β-amino-alcohol motifs (C(OH)–C–C–N with tert-alkyl or cyclic N) is 1. The first-order valence-corrected chi connectivity index (χ1v) is 7.76. The van der Waals surface area contributed by atoms with Crippen molar-refractivity contribution in [2.75, 3.05) is 45.2 Å². The van der Waals surface area contributed by atoms with Crippen molar-refractivity contribution >= 4 is 16.9 Å². The molecule has 0 radical (unpaired) electrons. The molecule has 7 nitrogen and oxygen atoms in total. The van der Waals surface area contributed by atoms with Gasteiger partial charge in [-0.05, 0) is 24.6 Å². The number of rotatable bonds is 5. The van der Waals surface area contributed by atoms with Crippen molar-refractivity contribution < 1.29 is 14.6 Å². The lowest BCUT2D eigenvalue weighted by Crippen LogP contribution is -2.42. The molecule has 1 unspecified atom stereocenters. The Morgan fingerprint density at radius 2 is 2.13 bits per heavy atom. The van der Waals surface area contributed by atoms with Gasteiger partial charge in [0.15, 0.2) is 5.65 Å². The van der Waals surface area contributed by atoms with Gasteiger partial charge in [-0.2, -0.15) is 4.98 Å². The number of aliphatic hydroxyl groups is 1. The molecule has 3 heterocycles. The highest BCUT2D eigenvalue weighted by Gasteiger charge is 2.16. The molecule has 1 atom stereocenters. The third-order valence-electron chi connectivity index (χ3n) is 3.87. The molecule has 0 saturated carbocycles. The summed E-state index contributed by atoms with van der Waals surface area (Å²) in [6.45, 7) is 5.84. The van der Waals surface area contributed by atoms with E-state index in [1.807, 2.05) is 19.1 Å². The van der Waals surface area contributed by atoms with E-state index < -0.39 is 6.10 Å². The molecule has 1 saturated heterocycles. The van der Waals surface area contributed by atoms with Gasteiger partial charge in [-0.1, -0.05) is 0 Å². The second-order valence-corrected chi connectivity index (χ2v) is 5.76. The minimum atomic E-state index is -0.570. The topological polar surface area (TPSA) is 93.7 Å². The first kappa shape index (κ1) is 15.9. The summed E-state index contributed by atoms with van der Waals surface area (Å²) in [6.07, 6.45) is -0.570. The summed E-state index contributed by atoms with van der Waals surface area (Å²) in [4.78, 5) is 10.7. The minimum Gasteiger partial charge on any atom is -0.475 e. The van der Waals surface area contributed by atoms with Crippen molar-refractivity contribution in [1.82, 2.24) is 14.9 Å². The number of pyridine rings is 2. The van der Waals surface area contributed by atoms with Crippen molar-refractivity contribution in [3.63, 3.8) is 0 Å². The molecule has 3 rings (SSSR count). The number of aromatic nitrogens is 2. The van der Waals surface area contributed by atoms with E-state index >= 15 is 0 Å². The highest BCUT2D eigenvalue weighted by molar-refractivity contribution is 5.80. The SMILES string of the molecule is Cc1cc(OCC(O)CN2CCOCC2)nc2nc(N)ccc12. The summed E-state index contributed by atoms with van der Waals surface area (Å²) >= 11 is 0. The molecule has 0 aromatic carbocycles. The van der Waals surface area contributed by atoms with E-state index in [0.29, 0.717) is 37.1 Å². The van der Waals surface area contributed by atoms with Crippen molar-refractivity contribution in [3.8, 4) is 5.88 Å². The predicted octanol–water partition coefficient (Wildman–Crippen LogP) is 0.592. The Bertz CT molecular complexity index is 674. The van der Waals surface area contributed by atoms with Gasteiger partial charge >= 0.3 is 0 Å². The average molecular weight is 318 g/mol. The van der Waals surface area contributed by atoms with E-state index in [-0.39, 0.29) is 6.61 Å². The van der Waals surface area contributed by atoms with Crippen LogP contribution in [-0.2, 0) is 4.74 Å². The van der Waals surface area contributed by atoms with E-state index in [1.54, 1.807) is 6.07 Å². The van der Waals surface area contributed by atoms with Crippen LogP contribution in [-0.4, -0.2) is 65.5 Å². The third-order valence-corrected chi connectivity index (χ3v) is 3.87. The Morgan fingerprint density at radius 1 is 1.35 bits per heavy atom. The van der Waals surface area contributed by atoms with Gasteiger partial charge in [0.1, 0.15) is 18.5 Å². The monoisotopic (exact) mass is 318 g/mol. The van der Waals surface area contributed by atoms with E-state index in [0.717, 1.165) is 24.0 Å². The number of hydrogen-bond donors (Lipinski definition) is 2. The molecule has 1 aliphatic rings. The predicted molar refractivity (Wildman–Crippen MR) is 87.4 cm³/mol. The van der Waals surface area contributed by atoms with Crippen LogP contribution in [0.2, 0.25) is 0 Å². The van der Waals surface area contributed by atoms with Crippen LogP contribution < -0.4 is 10.5 Å². The van der Waals surface area contributed by atoms with E-state index in [9.17, 15) is 5.11 Å². The zero-order chi connectivity index (χ0) is 16.2. The number of fused-ring (bicyclic) bond motifs is 1. The van der Waals surface area contributed by atoms with Gasteiger partial charge in [-0.15, -0.1) is 0 Å². The summed E-state index contributed by atoms with van der Waals surface area (Å²) in [5.74, 6) is 0.878. The van der Waals surface area contributed by atoms with Crippen LogP contribution >= 0.6 is 0 Å². The van der Waals surface area contributed by atoms with Crippen molar-refractivity contribution in [2.45, 2.75) is 13.0 Å². The number of aliphatic hydroxyl groups excluding tert-OH is 1. The number of ether oxygens (including phenoxy) is 2. The fourth-order valence-electron chi connectivity index (χ4n) is 2.65. The zero-order valence-electron chi connectivity index (χ0n) is 13.2. The number of morpholine rings is 1. The zero-order valence-corrected chi connectivity index (χ0v) is 13.2. The molecular formula is C16H22N4O3.